The molecule has 0 radical (unpaired) electrons. The van der Waals surface area contributed by atoms with Crippen molar-refractivity contribution in [2.24, 2.45) is 5.41 Å². The molecule has 0 aliphatic heterocycles. The van der Waals surface area contributed by atoms with Crippen molar-refractivity contribution in [3.63, 3.8) is 0 Å². The Labute approximate surface area is 126 Å². The van der Waals surface area contributed by atoms with Crippen LogP contribution in [0.25, 0.3) is 0 Å². The van der Waals surface area contributed by atoms with Crippen molar-refractivity contribution in [1.29, 1.82) is 0 Å². The van der Waals surface area contributed by atoms with Crippen LogP contribution < -0.4 is 5.32 Å². The van der Waals surface area contributed by atoms with Crippen molar-refractivity contribution in [2.75, 3.05) is 0 Å². The Balaban J connectivity index is 2.78. The van der Waals surface area contributed by atoms with Gasteiger partial charge in [-0.2, -0.15) is 0 Å². The second-order valence-electron chi connectivity index (χ2n) is 6.69. The Hall–Kier alpha value is -1.84. The molecule has 1 unspecified atom stereocenters. The van der Waals surface area contributed by atoms with Crippen LogP contribution in [0.3, 0.4) is 0 Å². The van der Waals surface area contributed by atoms with Crippen LogP contribution in [0.1, 0.15) is 43.9 Å². The number of rotatable bonds is 5. The zero-order valence-corrected chi connectivity index (χ0v) is 13.5. The third-order valence-corrected chi connectivity index (χ3v) is 3.61. The van der Waals surface area contributed by atoms with E-state index < -0.39 is 5.97 Å². The molecule has 0 saturated carbocycles. The highest BCUT2D eigenvalue weighted by molar-refractivity contribution is 5.80. The Morgan fingerprint density at radius 1 is 1.24 bits per heavy atom. The van der Waals surface area contributed by atoms with E-state index in [1.807, 2.05) is 52.8 Å². The lowest BCUT2D eigenvalue weighted by molar-refractivity contribution is -0.138. The van der Waals surface area contributed by atoms with Gasteiger partial charge >= 0.3 is 5.97 Å². The summed E-state index contributed by atoms with van der Waals surface area (Å²) < 4.78 is 0. The molecular weight excluding hydrogens is 266 g/mol. The van der Waals surface area contributed by atoms with E-state index in [1.54, 1.807) is 0 Å². The van der Waals surface area contributed by atoms with Gasteiger partial charge in [-0.05, 0) is 30.4 Å². The summed E-state index contributed by atoms with van der Waals surface area (Å²) in [5.74, 6) is -1.04. The summed E-state index contributed by atoms with van der Waals surface area (Å²) in [6.07, 6.45) is 0.210. The van der Waals surface area contributed by atoms with Crippen molar-refractivity contribution in [1.82, 2.24) is 5.32 Å². The van der Waals surface area contributed by atoms with Crippen LogP contribution in [0.15, 0.2) is 18.2 Å². The van der Waals surface area contributed by atoms with Crippen LogP contribution in [-0.4, -0.2) is 23.0 Å². The second-order valence-corrected chi connectivity index (χ2v) is 6.69. The maximum Gasteiger partial charge on any atom is 0.305 e. The van der Waals surface area contributed by atoms with E-state index >= 15 is 0 Å². The fourth-order valence-corrected chi connectivity index (χ4v) is 2.16. The highest BCUT2D eigenvalue weighted by atomic mass is 16.4. The molecule has 0 saturated heterocycles. The van der Waals surface area contributed by atoms with Gasteiger partial charge in [-0.15, -0.1) is 0 Å². The molecule has 4 heteroatoms. The number of carbonyl (C=O) groups excluding carboxylic acids is 1. The van der Waals surface area contributed by atoms with Crippen LogP contribution in [0.4, 0.5) is 0 Å². The van der Waals surface area contributed by atoms with Crippen molar-refractivity contribution < 1.29 is 14.7 Å². The first-order chi connectivity index (χ1) is 9.59. The van der Waals surface area contributed by atoms with Crippen LogP contribution in [0.5, 0.6) is 0 Å². The summed E-state index contributed by atoms with van der Waals surface area (Å²) in [5.41, 5.74) is 2.87. The molecule has 0 aromatic heterocycles. The first kappa shape index (κ1) is 17.2. The van der Waals surface area contributed by atoms with E-state index in [-0.39, 0.29) is 30.2 Å². The standard InChI is InChI=1S/C17H25NO3/c1-11-6-7-12(2)13(8-11)9-15(19)18-14(10-16(20)21)17(3,4)5/h6-8,14H,9-10H2,1-5H3,(H,18,19)(H,20,21). The minimum atomic E-state index is -0.901. The summed E-state index contributed by atoms with van der Waals surface area (Å²) >= 11 is 0. The van der Waals surface area contributed by atoms with Gasteiger partial charge in [-0.1, -0.05) is 44.5 Å². The van der Waals surface area contributed by atoms with E-state index in [4.69, 9.17) is 5.11 Å². The van der Waals surface area contributed by atoms with E-state index in [0.29, 0.717) is 0 Å². The van der Waals surface area contributed by atoms with E-state index in [2.05, 4.69) is 5.32 Å². The minimum Gasteiger partial charge on any atom is -0.481 e. The van der Waals surface area contributed by atoms with Gasteiger partial charge in [0.1, 0.15) is 0 Å². The molecule has 1 aromatic rings. The third-order valence-electron chi connectivity index (χ3n) is 3.61. The SMILES string of the molecule is Cc1ccc(C)c(CC(=O)NC(CC(=O)O)C(C)(C)C)c1. The quantitative estimate of drug-likeness (QED) is 0.876. The summed E-state index contributed by atoms with van der Waals surface area (Å²) in [5, 5.41) is 11.8. The molecule has 0 bridgehead atoms. The molecule has 0 aliphatic rings. The Bertz CT molecular complexity index is 529. The minimum absolute atomic E-state index is 0.0674. The molecular formula is C17H25NO3. The van der Waals surface area contributed by atoms with Crippen molar-refractivity contribution >= 4 is 11.9 Å². The zero-order valence-electron chi connectivity index (χ0n) is 13.5. The predicted octanol–water partition coefficient (Wildman–Crippen LogP) is 2.85. The average molecular weight is 291 g/mol. The molecule has 1 atom stereocenters. The van der Waals surface area contributed by atoms with Crippen molar-refractivity contribution in [2.45, 2.75) is 53.5 Å². The molecule has 1 aromatic carbocycles. The normalized spacial score (nSPS) is 12.8. The van der Waals surface area contributed by atoms with Crippen molar-refractivity contribution in [3.8, 4) is 0 Å². The lowest BCUT2D eigenvalue weighted by Crippen LogP contribution is -2.45. The fraction of sp³-hybridized carbons (Fsp3) is 0.529. The third kappa shape index (κ3) is 5.58. The van der Waals surface area contributed by atoms with Gasteiger partial charge in [0.15, 0.2) is 0 Å². The number of benzene rings is 1. The maximum atomic E-state index is 12.2. The lowest BCUT2D eigenvalue weighted by Gasteiger charge is -2.30. The van der Waals surface area contributed by atoms with E-state index in [0.717, 1.165) is 16.7 Å². The molecule has 0 aliphatic carbocycles. The molecule has 4 nitrogen and oxygen atoms in total. The first-order valence-electron chi connectivity index (χ1n) is 7.17. The lowest BCUT2D eigenvalue weighted by atomic mass is 9.84. The molecule has 1 rings (SSSR count). The Kier molecular flexibility index (Phi) is 5.53. The molecule has 2 N–H and O–H groups in total. The molecule has 21 heavy (non-hydrogen) atoms. The number of aliphatic carboxylic acids is 1. The highest BCUT2D eigenvalue weighted by Gasteiger charge is 2.28. The predicted molar refractivity (Wildman–Crippen MR) is 83.3 cm³/mol. The summed E-state index contributed by atoms with van der Waals surface area (Å²) in [7, 11) is 0. The van der Waals surface area contributed by atoms with E-state index in [9.17, 15) is 9.59 Å². The van der Waals surface area contributed by atoms with Gasteiger partial charge in [-0.3, -0.25) is 9.59 Å². The number of aryl methyl sites for hydroxylation is 2. The second kappa shape index (κ2) is 6.74. The summed E-state index contributed by atoms with van der Waals surface area (Å²) in [4.78, 5) is 23.2. The number of hydrogen-bond acceptors (Lipinski definition) is 2. The van der Waals surface area contributed by atoms with Gasteiger partial charge in [0.25, 0.3) is 0 Å². The number of amides is 1. The summed E-state index contributed by atoms with van der Waals surface area (Å²) in [6, 6.07) is 5.63. The molecule has 116 valence electrons. The fourth-order valence-electron chi connectivity index (χ4n) is 2.16. The molecule has 0 fully saturated rings. The summed E-state index contributed by atoms with van der Waals surface area (Å²) in [6.45, 7) is 9.75. The van der Waals surface area contributed by atoms with Gasteiger partial charge in [0.2, 0.25) is 5.91 Å². The first-order valence-corrected chi connectivity index (χ1v) is 7.17. The number of nitrogens with one attached hydrogen (secondary N) is 1. The maximum absolute atomic E-state index is 12.2. The van der Waals surface area contributed by atoms with Gasteiger partial charge in [0, 0.05) is 6.04 Å². The van der Waals surface area contributed by atoms with Crippen LogP contribution in [-0.2, 0) is 16.0 Å². The van der Waals surface area contributed by atoms with Gasteiger partial charge < -0.3 is 10.4 Å². The van der Waals surface area contributed by atoms with E-state index in [1.165, 1.54) is 0 Å². The molecule has 0 spiro atoms. The Morgan fingerprint density at radius 3 is 2.38 bits per heavy atom. The average Bonchev–Trinajstić information content (AvgIpc) is 2.31. The van der Waals surface area contributed by atoms with Crippen molar-refractivity contribution in [3.05, 3.63) is 34.9 Å². The smallest absolute Gasteiger partial charge is 0.305 e. The van der Waals surface area contributed by atoms with Gasteiger partial charge in [-0.25, -0.2) is 0 Å². The number of carboxylic acids is 1. The number of carboxylic acid groups (broad SMARTS) is 1. The van der Waals surface area contributed by atoms with Crippen LogP contribution >= 0.6 is 0 Å². The highest BCUT2D eigenvalue weighted by Crippen LogP contribution is 2.22. The molecule has 1 amide bonds. The monoisotopic (exact) mass is 291 g/mol. The van der Waals surface area contributed by atoms with Gasteiger partial charge in [0.05, 0.1) is 12.8 Å². The number of carbonyl (C=O) groups is 2. The topological polar surface area (TPSA) is 66.4 Å². The Morgan fingerprint density at radius 2 is 1.86 bits per heavy atom. The van der Waals surface area contributed by atoms with Crippen LogP contribution in [0.2, 0.25) is 0 Å². The van der Waals surface area contributed by atoms with Crippen LogP contribution in [0, 0.1) is 19.3 Å². The largest absolute Gasteiger partial charge is 0.481 e. The zero-order chi connectivity index (χ0) is 16.2. The number of hydrogen-bond donors (Lipinski definition) is 2. The molecule has 0 heterocycles.